The number of rotatable bonds is 7. The Morgan fingerprint density at radius 1 is 1.10 bits per heavy atom. The third-order valence-corrected chi connectivity index (χ3v) is 4.24. The third-order valence-electron chi connectivity index (χ3n) is 3.92. The van der Waals surface area contributed by atoms with E-state index < -0.39 is 6.09 Å². The summed E-state index contributed by atoms with van der Waals surface area (Å²) in [6.07, 6.45) is 0.0150. The van der Waals surface area contributed by atoms with Crippen LogP contribution in [-0.4, -0.2) is 30.1 Å². The van der Waals surface area contributed by atoms with Crippen molar-refractivity contribution in [2.24, 2.45) is 16.5 Å². The van der Waals surface area contributed by atoms with E-state index in [1.54, 1.807) is 38.1 Å². The van der Waals surface area contributed by atoms with E-state index in [1.165, 1.54) is 6.07 Å². The normalized spacial score (nSPS) is 11.5. The summed E-state index contributed by atoms with van der Waals surface area (Å²) in [6, 6.07) is 11.9. The maximum Gasteiger partial charge on any atom is 0.407 e. The van der Waals surface area contributed by atoms with Gasteiger partial charge >= 0.3 is 6.09 Å². The summed E-state index contributed by atoms with van der Waals surface area (Å²) in [5.41, 5.74) is 13.1. The largest absolute Gasteiger partial charge is 0.447 e. The highest BCUT2D eigenvalue weighted by Gasteiger charge is 2.12. The van der Waals surface area contributed by atoms with Crippen LogP contribution in [0.3, 0.4) is 0 Å². The molecule has 0 saturated carbocycles. The van der Waals surface area contributed by atoms with E-state index >= 15 is 0 Å². The molecular formula is C21H26ClN5O3. The number of benzene rings is 2. The van der Waals surface area contributed by atoms with Crippen molar-refractivity contribution in [3.63, 3.8) is 0 Å². The molecule has 2 rings (SSSR count). The second kappa shape index (κ2) is 10.5. The molecule has 1 atom stereocenters. The summed E-state index contributed by atoms with van der Waals surface area (Å²) in [5.74, 6) is -0.468. The van der Waals surface area contributed by atoms with E-state index in [1.807, 2.05) is 19.1 Å². The Morgan fingerprint density at radius 2 is 1.77 bits per heavy atom. The Morgan fingerprint density at radius 3 is 2.37 bits per heavy atom. The lowest BCUT2D eigenvalue weighted by Crippen LogP contribution is -2.35. The molecule has 30 heavy (non-hydrogen) atoms. The number of nitrogens with two attached hydrogens (primary N) is 2. The molecule has 6 N–H and O–H groups in total. The molecule has 0 aliphatic carbocycles. The summed E-state index contributed by atoms with van der Waals surface area (Å²) >= 11 is 6.04. The highest BCUT2D eigenvalue weighted by atomic mass is 35.5. The number of carbonyl (C=O) groups excluding carboxylic acids is 2. The van der Waals surface area contributed by atoms with E-state index in [0.29, 0.717) is 28.4 Å². The van der Waals surface area contributed by atoms with Gasteiger partial charge < -0.3 is 26.8 Å². The van der Waals surface area contributed by atoms with Gasteiger partial charge in [-0.05, 0) is 63.1 Å². The van der Waals surface area contributed by atoms with Gasteiger partial charge in [0, 0.05) is 17.3 Å². The van der Waals surface area contributed by atoms with Crippen LogP contribution in [0.1, 0.15) is 36.7 Å². The average molecular weight is 432 g/mol. The highest BCUT2D eigenvalue weighted by Crippen LogP contribution is 2.26. The number of ether oxygens (including phenoxy) is 1. The fourth-order valence-corrected chi connectivity index (χ4v) is 2.82. The fourth-order valence-electron chi connectivity index (χ4n) is 2.66. The molecule has 2 amide bonds. The van der Waals surface area contributed by atoms with E-state index in [4.69, 9.17) is 27.8 Å². The van der Waals surface area contributed by atoms with Crippen molar-refractivity contribution in [3.05, 3.63) is 58.6 Å². The molecule has 0 radical (unpaired) electrons. The van der Waals surface area contributed by atoms with Gasteiger partial charge in [0.1, 0.15) is 0 Å². The van der Waals surface area contributed by atoms with Crippen LogP contribution in [0.2, 0.25) is 5.02 Å². The number of carbonyl (C=O) groups is 2. The van der Waals surface area contributed by atoms with Crippen molar-refractivity contribution < 1.29 is 14.3 Å². The Labute approximate surface area is 180 Å². The molecule has 0 aliphatic heterocycles. The number of nitrogens with zero attached hydrogens (tertiary/aromatic N) is 1. The summed E-state index contributed by atoms with van der Waals surface area (Å²) in [4.78, 5) is 28.1. The first-order valence-corrected chi connectivity index (χ1v) is 9.78. The zero-order valence-electron chi connectivity index (χ0n) is 17.1. The summed E-state index contributed by atoms with van der Waals surface area (Å²) in [7, 11) is 0. The number of guanidine groups is 1. The lowest BCUT2D eigenvalue weighted by atomic mass is 10.1. The van der Waals surface area contributed by atoms with Gasteiger partial charge in [0.15, 0.2) is 5.96 Å². The molecule has 0 fully saturated rings. The quantitative estimate of drug-likeness (QED) is 0.393. The maximum absolute atomic E-state index is 12.5. The minimum absolute atomic E-state index is 0.0975. The number of amides is 2. The predicted octanol–water partition coefficient (Wildman–Crippen LogP) is 3.56. The van der Waals surface area contributed by atoms with Crippen molar-refractivity contribution in [1.29, 1.82) is 0 Å². The Balaban J connectivity index is 1.98. The second-order valence-electron chi connectivity index (χ2n) is 7.06. The highest BCUT2D eigenvalue weighted by molar-refractivity contribution is 6.33. The number of anilines is 1. The zero-order chi connectivity index (χ0) is 22.3. The molecule has 1 unspecified atom stereocenters. The number of aliphatic imine (C=N–C) groups is 1. The molecular weight excluding hydrogens is 406 g/mol. The van der Waals surface area contributed by atoms with Crippen LogP contribution in [0.5, 0.6) is 0 Å². The minimum Gasteiger partial charge on any atom is -0.447 e. The lowest BCUT2D eigenvalue weighted by Gasteiger charge is -2.16. The average Bonchev–Trinajstić information content (AvgIpc) is 2.63. The van der Waals surface area contributed by atoms with E-state index in [0.717, 1.165) is 5.56 Å². The summed E-state index contributed by atoms with van der Waals surface area (Å²) in [6.45, 7) is 5.48. The van der Waals surface area contributed by atoms with E-state index in [9.17, 15) is 9.59 Å². The first kappa shape index (κ1) is 23.0. The molecule has 2 aromatic rings. The predicted molar refractivity (Wildman–Crippen MR) is 119 cm³/mol. The van der Waals surface area contributed by atoms with Crippen LogP contribution < -0.4 is 22.1 Å². The number of hydrogen-bond acceptors (Lipinski definition) is 4. The first-order chi connectivity index (χ1) is 14.1. The van der Waals surface area contributed by atoms with Gasteiger partial charge in [-0.25, -0.2) is 9.79 Å². The van der Waals surface area contributed by atoms with Crippen LogP contribution in [0.15, 0.2) is 47.5 Å². The SMILES string of the molecule is CC(Cc1ccc(NC(=O)c2ccc(Cl)c(N=C(N)N)c2)cc1)NC(=O)OC(C)C. The molecule has 0 aliphatic rings. The maximum atomic E-state index is 12.5. The third kappa shape index (κ3) is 7.29. The Bertz CT molecular complexity index is 925. The number of hydrogen-bond donors (Lipinski definition) is 4. The zero-order valence-corrected chi connectivity index (χ0v) is 17.9. The van der Waals surface area contributed by atoms with E-state index in [-0.39, 0.29) is 24.0 Å². The molecule has 2 aromatic carbocycles. The number of halogens is 1. The molecule has 0 aromatic heterocycles. The Hall–Kier alpha value is -3.26. The standard InChI is InChI=1S/C21H26ClN5O3/c1-12(2)30-21(29)25-13(3)10-14-4-7-16(8-5-14)26-19(28)15-6-9-17(22)18(11-15)27-20(23)24/h4-9,11-13H,10H2,1-3H3,(H,25,29)(H,26,28)(H4,23,24,27). The summed E-state index contributed by atoms with van der Waals surface area (Å²) < 4.78 is 5.07. The smallest absolute Gasteiger partial charge is 0.407 e. The van der Waals surface area contributed by atoms with Crippen LogP contribution in [0.25, 0.3) is 0 Å². The van der Waals surface area contributed by atoms with Gasteiger partial charge in [-0.2, -0.15) is 0 Å². The van der Waals surface area contributed by atoms with E-state index in [2.05, 4.69) is 15.6 Å². The molecule has 8 nitrogen and oxygen atoms in total. The first-order valence-electron chi connectivity index (χ1n) is 9.40. The van der Waals surface area contributed by atoms with Crippen LogP contribution in [-0.2, 0) is 11.2 Å². The molecule has 0 spiro atoms. The number of alkyl carbamates (subject to hydrolysis) is 1. The molecule has 0 saturated heterocycles. The monoisotopic (exact) mass is 431 g/mol. The van der Waals surface area contributed by atoms with Gasteiger partial charge in [0.25, 0.3) is 5.91 Å². The number of nitrogens with one attached hydrogen (secondary N) is 2. The van der Waals surface area contributed by atoms with Gasteiger partial charge in [0.2, 0.25) is 0 Å². The summed E-state index contributed by atoms with van der Waals surface area (Å²) in [5, 5.41) is 5.93. The lowest BCUT2D eigenvalue weighted by molar-refractivity contribution is 0.102. The van der Waals surface area contributed by atoms with Crippen molar-refractivity contribution in [2.75, 3.05) is 5.32 Å². The van der Waals surface area contributed by atoms with Gasteiger partial charge in [-0.15, -0.1) is 0 Å². The van der Waals surface area contributed by atoms with Crippen molar-refractivity contribution in [1.82, 2.24) is 5.32 Å². The molecule has 9 heteroatoms. The topological polar surface area (TPSA) is 132 Å². The van der Waals surface area contributed by atoms with Crippen molar-refractivity contribution in [2.45, 2.75) is 39.3 Å². The van der Waals surface area contributed by atoms with Crippen molar-refractivity contribution >= 4 is 40.9 Å². The van der Waals surface area contributed by atoms with Gasteiger partial charge in [-0.1, -0.05) is 23.7 Å². The van der Waals surface area contributed by atoms with Crippen LogP contribution in [0.4, 0.5) is 16.2 Å². The van der Waals surface area contributed by atoms with Gasteiger partial charge in [-0.3, -0.25) is 4.79 Å². The van der Waals surface area contributed by atoms with Crippen molar-refractivity contribution in [3.8, 4) is 0 Å². The minimum atomic E-state index is -0.440. The Kier molecular flexibility index (Phi) is 8.06. The molecule has 0 bridgehead atoms. The second-order valence-corrected chi connectivity index (χ2v) is 7.46. The molecule has 160 valence electrons. The molecule has 0 heterocycles. The fraction of sp³-hybridized carbons (Fsp3) is 0.286. The van der Waals surface area contributed by atoms with Gasteiger partial charge in [0.05, 0.1) is 16.8 Å². The van der Waals surface area contributed by atoms with Crippen LogP contribution in [0, 0.1) is 0 Å². The van der Waals surface area contributed by atoms with Crippen LogP contribution >= 0.6 is 11.6 Å².